The number of methoxy groups -OCH3 is 1. The highest BCUT2D eigenvalue weighted by molar-refractivity contribution is 6.74. The van der Waals surface area contributed by atoms with Crippen LogP contribution in [0.4, 0.5) is 10.5 Å². The lowest BCUT2D eigenvalue weighted by molar-refractivity contribution is -0.140. The Bertz CT molecular complexity index is 2510. The van der Waals surface area contributed by atoms with E-state index in [4.69, 9.17) is 23.2 Å². The summed E-state index contributed by atoms with van der Waals surface area (Å²) in [7, 11) is 2.30. The van der Waals surface area contributed by atoms with Crippen LogP contribution in [0.5, 0.6) is 11.6 Å². The first kappa shape index (κ1) is 44.8. The van der Waals surface area contributed by atoms with Gasteiger partial charge in [0.05, 0.1) is 13.2 Å². The molecule has 3 aliphatic carbocycles. The number of amides is 2. The van der Waals surface area contributed by atoms with Crippen LogP contribution in [0.25, 0.3) is 5.76 Å². The Morgan fingerprint density at radius 3 is 2.28 bits per heavy atom. The van der Waals surface area contributed by atoms with E-state index in [0.29, 0.717) is 59.7 Å². The summed E-state index contributed by atoms with van der Waals surface area (Å²) < 4.78 is 31.0. The number of nitrogens with one attached hydrogen (secondary N) is 1. The number of carbonyl (C=O) groups is 4. The second kappa shape index (κ2) is 17.0. The molecule has 2 heterocycles. The second-order valence-electron chi connectivity index (χ2n) is 19.2. The Morgan fingerprint density at radius 1 is 1.00 bits per heavy atom. The van der Waals surface area contributed by atoms with E-state index < -0.39 is 66.4 Å². The van der Waals surface area contributed by atoms with Crippen LogP contribution in [0.3, 0.4) is 0 Å². The van der Waals surface area contributed by atoms with Crippen molar-refractivity contribution in [3.8, 4) is 11.6 Å². The molecule has 15 heteroatoms. The normalized spacial score (nSPS) is 23.0. The molecule has 0 spiro atoms. The van der Waals surface area contributed by atoms with Gasteiger partial charge in [-0.25, -0.2) is 4.79 Å². The van der Waals surface area contributed by atoms with Crippen LogP contribution < -0.4 is 14.8 Å². The number of ketones is 2. The summed E-state index contributed by atoms with van der Waals surface area (Å²) in [4.78, 5) is 62.1. The molecular formula is C49H58N4O10Si. The minimum absolute atomic E-state index is 0.0271. The van der Waals surface area contributed by atoms with Gasteiger partial charge in [0, 0.05) is 40.9 Å². The van der Waals surface area contributed by atoms with Gasteiger partial charge in [0.15, 0.2) is 19.7 Å². The van der Waals surface area contributed by atoms with Crippen molar-refractivity contribution in [3.05, 3.63) is 111 Å². The maximum atomic E-state index is 15.9. The fraction of sp³-hybridized carbons (Fsp3) is 0.449. The Labute approximate surface area is 375 Å². The molecule has 0 unspecified atom stereocenters. The summed E-state index contributed by atoms with van der Waals surface area (Å²) in [5.41, 5.74) is 1.62. The smallest absolute Gasteiger partial charge is 0.410 e. The van der Waals surface area contributed by atoms with Gasteiger partial charge < -0.3 is 33.6 Å². The zero-order chi connectivity index (χ0) is 45.9. The third kappa shape index (κ3) is 7.60. The molecule has 1 saturated carbocycles. The van der Waals surface area contributed by atoms with Gasteiger partial charge in [0.25, 0.3) is 5.88 Å². The molecule has 2 fully saturated rings. The number of anilines is 1. The highest BCUT2D eigenvalue weighted by atomic mass is 28.4. The van der Waals surface area contributed by atoms with Crippen LogP contribution in [0.1, 0.15) is 90.0 Å². The first-order valence-corrected chi connectivity index (χ1v) is 24.8. The van der Waals surface area contributed by atoms with Crippen molar-refractivity contribution in [2.24, 2.45) is 11.8 Å². The number of aromatic nitrogens is 1. The second-order valence-corrected chi connectivity index (χ2v) is 23.9. The first-order valence-electron chi connectivity index (χ1n) is 21.9. The van der Waals surface area contributed by atoms with Crippen molar-refractivity contribution >= 4 is 43.3 Å². The molecule has 1 aliphatic heterocycles. The molecule has 0 bridgehead atoms. The van der Waals surface area contributed by atoms with E-state index in [1.807, 2.05) is 92.8 Å². The monoisotopic (exact) mass is 890 g/mol. The number of carbonyl (C=O) groups excluding carboxylic acids is 4. The number of likely N-dealkylation sites (tertiary alicyclic amines) is 1. The van der Waals surface area contributed by atoms with Gasteiger partial charge in [-0.05, 0) is 92.6 Å². The number of hydrogen-bond acceptors (Lipinski definition) is 12. The number of aliphatic hydroxyl groups is 1. The average Bonchev–Trinajstić information content (AvgIpc) is 3.92. The van der Waals surface area contributed by atoms with Crippen LogP contribution in [0.2, 0.25) is 18.1 Å². The van der Waals surface area contributed by atoms with Gasteiger partial charge in [-0.2, -0.15) is 0 Å². The molecule has 338 valence electrons. The van der Waals surface area contributed by atoms with E-state index in [1.54, 1.807) is 13.0 Å². The lowest BCUT2D eigenvalue weighted by Gasteiger charge is -2.55. The maximum absolute atomic E-state index is 15.9. The highest BCUT2D eigenvalue weighted by Crippen LogP contribution is 2.59. The lowest BCUT2D eigenvalue weighted by Crippen LogP contribution is -2.68. The zero-order valence-corrected chi connectivity index (χ0v) is 39.1. The molecule has 14 nitrogen and oxygen atoms in total. The maximum Gasteiger partial charge on any atom is 0.410 e. The lowest BCUT2D eigenvalue weighted by atomic mass is 9.57. The van der Waals surface area contributed by atoms with E-state index in [0.717, 1.165) is 11.1 Å². The van der Waals surface area contributed by atoms with Gasteiger partial charge in [0.2, 0.25) is 17.5 Å². The fourth-order valence-corrected chi connectivity index (χ4v) is 11.2. The van der Waals surface area contributed by atoms with E-state index in [2.05, 4.69) is 31.2 Å². The van der Waals surface area contributed by atoms with Crippen molar-refractivity contribution < 1.29 is 47.4 Å². The molecule has 2 amide bonds. The van der Waals surface area contributed by atoms with Gasteiger partial charge in [-0.3, -0.25) is 24.2 Å². The highest BCUT2D eigenvalue weighted by Gasteiger charge is 2.69. The molecule has 0 radical (unpaired) electrons. The van der Waals surface area contributed by atoms with Crippen molar-refractivity contribution in [1.82, 2.24) is 15.0 Å². The van der Waals surface area contributed by atoms with Crippen LogP contribution in [0.15, 0.2) is 76.8 Å². The van der Waals surface area contributed by atoms with Crippen molar-refractivity contribution in [2.45, 2.75) is 102 Å². The van der Waals surface area contributed by atoms with Crippen molar-refractivity contribution in [1.29, 1.82) is 0 Å². The molecule has 5 atom stereocenters. The molecule has 4 aliphatic rings. The number of benzene rings is 3. The minimum Gasteiger partial charge on any atom is -0.507 e. The quantitative estimate of drug-likeness (QED) is 0.109. The molecule has 1 aromatic heterocycles. The summed E-state index contributed by atoms with van der Waals surface area (Å²) in [6.45, 7) is 12.5. The van der Waals surface area contributed by atoms with Gasteiger partial charge in [-0.1, -0.05) is 81.4 Å². The molecule has 4 aromatic rings. The summed E-state index contributed by atoms with van der Waals surface area (Å²) in [5, 5.41) is 19.5. The van der Waals surface area contributed by atoms with Gasteiger partial charge in [0.1, 0.15) is 36.3 Å². The number of nitrogens with zero attached hydrogens (tertiary/aromatic N) is 3. The minimum atomic E-state index is -2.96. The number of Topliss-reactive ketones (excluding diaryl/α,β-unsaturated/α-hetero) is 2. The predicted molar refractivity (Wildman–Crippen MR) is 242 cm³/mol. The summed E-state index contributed by atoms with van der Waals surface area (Å²) >= 11 is 0. The standard InChI is InChI=1S/C49H58N4O10Si/c1-28-34(50-45(57)35-21-16-22-53(35)47(58)61-27-30-19-14-11-15-20-30)25-36(59-7)32-23-31-24-33-40(52(5)6)42-39(46(51-62-42)60-26-29-17-12-10-13-18-29)44(56)49(33,63-64(8,9)48(2,3)4)43(55)38(31)41(54)37(28)32/h10-15,17-20,25,31,33,35,40,54H,16,21-24,26-27H2,1-9H3,(H,50,57)/t31-,33-,35+,40-,49-/m0/s1. The number of rotatable bonds is 11. The summed E-state index contributed by atoms with van der Waals surface area (Å²) in [5.74, 6) is -2.50. The molecule has 64 heavy (non-hydrogen) atoms. The van der Waals surface area contributed by atoms with Crippen molar-refractivity contribution in [2.75, 3.05) is 33.1 Å². The molecule has 2 N–H and O–H groups in total. The molecule has 8 rings (SSSR count). The Morgan fingerprint density at radius 2 is 1.66 bits per heavy atom. The van der Waals surface area contributed by atoms with Gasteiger partial charge in [-0.15, -0.1) is 0 Å². The third-order valence-corrected chi connectivity index (χ3v) is 18.5. The van der Waals surface area contributed by atoms with Gasteiger partial charge >= 0.3 is 6.09 Å². The predicted octanol–water partition coefficient (Wildman–Crippen LogP) is 8.60. The molecular weight excluding hydrogens is 833 g/mol. The van der Waals surface area contributed by atoms with E-state index in [1.165, 1.54) is 12.0 Å². The Kier molecular flexibility index (Phi) is 11.9. The number of aliphatic hydroxyl groups excluding tert-OH is 1. The first-order chi connectivity index (χ1) is 30.4. The largest absolute Gasteiger partial charge is 0.507 e. The number of hydrogen-bond donors (Lipinski definition) is 2. The van der Waals surface area contributed by atoms with E-state index >= 15 is 9.59 Å². The summed E-state index contributed by atoms with van der Waals surface area (Å²) in [6, 6.07) is 19.1. The fourth-order valence-electron chi connectivity index (χ4n) is 9.77. The van der Waals surface area contributed by atoms with Crippen LogP contribution in [0, 0.1) is 18.8 Å². The van der Waals surface area contributed by atoms with Crippen LogP contribution in [-0.2, 0) is 38.4 Å². The zero-order valence-electron chi connectivity index (χ0n) is 38.1. The molecule has 1 saturated heterocycles. The number of fused-ring (bicyclic) bond motifs is 4. The molecule has 3 aromatic carbocycles. The topological polar surface area (TPSA) is 170 Å². The Balaban J connectivity index is 1.18. The Hall–Kier alpha value is -5.77. The SMILES string of the molecule is COc1cc(NC(=O)[C@H]2CCCN2C(=O)OCc2ccccc2)c(C)c2c1C[C@H]1C[C@H]3[C@H](N(C)C)c4onc(OCc5ccccc5)c4C(=O)[C@@]3(O[Si](C)(C)C(C)(C)C)C(=O)C1=C2O. The van der Waals surface area contributed by atoms with E-state index in [-0.39, 0.29) is 42.4 Å². The average molecular weight is 891 g/mol. The van der Waals surface area contributed by atoms with Crippen molar-refractivity contribution in [3.63, 3.8) is 0 Å². The van der Waals surface area contributed by atoms with Crippen LogP contribution in [-0.4, -0.2) is 91.3 Å². The summed E-state index contributed by atoms with van der Waals surface area (Å²) in [6.07, 6.45) is 1.06. The third-order valence-electron chi connectivity index (χ3n) is 14.0. The van der Waals surface area contributed by atoms with Crippen LogP contribution >= 0.6 is 0 Å². The van der Waals surface area contributed by atoms with E-state index in [9.17, 15) is 14.7 Å². The number of ether oxygens (including phenoxy) is 3.